The van der Waals surface area contributed by atoms with Gasteiger partial charge in [-0.3, -0.25) is 19.3 Å². The molecule has 214 valence electrons. The second kappa shape index (κ2) is 13.0. The van der Waals surface area contributed by atoms with E-state index in [1.165, 1.54) is 6.92 Å². The molecule has 2 aromatic carbocycles. The molecule has 1 unspecified atom stereocenters. The molecule has 0 aromatic heterocycles. The third-order valence-electron chi connectivity index (χ3n) is 8.03. The van der Waals surface area contributed by atoms with Crippen LogP contribution < -0.4 is 20.7 Å². The summed E-state index contributed by atoms with van der Waals surface area (Å²) in [5.41, 5.74) is 2.62. The minimum Gasteiger partial charge on any atom is -0.492 e. The summed E-state index contributed by atoms with van der Waals surface area (Å²) in [4.78, 5) is 40.6. The number of rotatable bonds is 8. The molecule has 1 atom stereocenters. The van der Waals surface area contributed by atoms with Crippen LogP contribution in [0.25, 0.3) is 0 Å². The van der Waals surface area contributed by atoms with E-state index >= 15 is 0 Å². The fraction of sp³-hybridized carbons (Fsp3) is 0.500. The summed E-state index contributed by atoms with van der Waals surface area (Å²) >= 11 is 6.46. The molecule has 3 heterocycles. The molecule has 2 aromatic rings. The highest BCUT2D eigenvalue weighted by Gasteiger charge is 2.38. The van der Waals surface area contributed by atoms with Crippen molar-refractivity contribution in [2.24, 2.45) is 5.92 Å². The Balaban J connectivity index is 1.22. The fourth-order valence-electron chi connectivity index (χ4n) is 6.02. The third-order valence-corrected chi connectivity index (χ3v) is 8.33. The van der Waals surface area contributed by atoms with Crippen molar-refractivity contribution in [2.75, 3.05) is 38.1 Å². The molecule has 3 aliphatic heterocycles. The van der Waals surface area contributed by atoms with E-state index in [1.54, 1.807) is 6.07 Å². The Kier molecular flexibility index (Phi) is 9.24. The van der Waals surface area contributed by atoms with Crippen LogP contribution in [0.15, 0.2) is 36.4 Å². The summed E-state index contributed by atoms with van der Waals surface area (Å²) in [6.45, 7) is 5.30. The molecule has 9 nitrogen and oxygen atoms in total. The number of hydrogen-bond donors (Lipinski definition) is 3. The van der Waals surface area contributed by atoms with E-state index < -0.39 is 0 Å². The maximum Gasteiger partial charge on any atom is 0.323 e. The van der Waals surface area contributed by atoms with Crippen molar-refractivity contribution in [3.8, 4) is 5.75 Å². The van der Waals surface area contributed by atoms with E-state index in [9.17, 15) is 14.4 Å². The van der Waals surface area contributed by atoms with E-state index in [0.29, 0.717) is 48.1 Å². The average molecular weight is 569 g/mol. The van der Waals surface area contributed by atoms with Gasteiger partial charge in [0.2, 0.25) is 5.91 Å². The van der Waals surface area contributed by atoms with Gasteiger partial charge in [0.1, 0.15) is 18.4 Å². The first-order chi connectivity index (χ1) is 19.4. The predicted molar refractivity (Wildman–Crippen MR) is 153 cm³/mol. The number of nitrogens with one attached hydrogen (secondary N) is 3. The van der Waals surface area contributed by atoms with Gasteiger partial charge in [-0.15, -0.1) is 0 Å². The molecule has 0 radical (unpaired) electrons. The SMILES string of the molecule is CC(=O)Nc1c(Cl)cc(C(=O)NC2CCN(C(C(=O)OCc3ccccc3)C3CCNCC3)CC2)c2c1CCO2. The zero-order chi connectivity index (χ0) is 28.1. The summed E-state index contributed by atoms with van der Waals surface area (Å²) in [7, 11) is 0. The van der Waals surface area contributed by atoms with Gasteiger partial charge in [0.15, 0.2) is 0 Å². The van der Waals surface area contributed by atoms with Crippen molar-refractivity contribution in [3.05, 3.63) is 58.1 Å². The van der Waals surface area contributed by atoms with Crippen LogP contribution in [0.2, 0.25) is 5.02 Å². The van der Waals surface area contributed by atoms with Crippen LogP contribution in [0.4, 0.5) is 5.69 Å². The third kappa shape index (κ3) is 6.59. The lowest BCUT2D eigenvalue weighted by molar-refractivity contribution is -0.155. The van der Waals surface area contributed by atoms with Crippen molar-refractivity contribution in [1.82, 2.24) is 15.5 Å². The normalized spacial score (nSPS) is 18.9. The lowest BCUT2D eigenvalue weighted by Crippen LogP contribution is -2.54. The predicted octanol–water partition coefficient (Wildman–Crippen LogP) is 3.54. The largest absolute Gasteiger partial charge is 0.492 e. The molecule has 0 bridgehead atoms. The quantitative estimate of drug-likeness (QED) is 0.418. The Morgan fingerprint density at radius 3 is 2.55 bits per heavy atom. The number of nitrogens with zero attached hydrogens (tertiary/aromatic N) is 1. The number of fused-ring (bicyclic) bond motifs is 1. The second-order valence-electron chi connectivity index (χ2n) is 10.8. The lowest BCUT2D eigenvalue weighted by Gasteiger charge is -2.41. The highest BCUT2D eigenvalue weighted by molar-refractivity contribution is 6.34. The van der Waals surface area contributed by atoms with Gasteiger partial charge in [-0.1, -0.05) is 41.9 Å². The first-order valence-electron chi connectivity index (χ1n) is 14.1. The van der Waals surface area contributed by atoms with E-state index in [2.05, 4.69) is 20.9 Å². The van der Waals surface area contributed by atoms with Gasteiger partial charge in [-0.25, -0.2) is 0 Å². The monoisotopic (exact) mass is 568 g/mol. The number of halogens is 1. The van der Waals surface area contributed by atoms with Crippen LogP contribution in [0.3, 0.4) is 0 Å². The lowest BCUT2D eigenvalue weighted by atomic mass is 9.87. The Morgan fingerprint density at radius 2 is 1.85 bits per heavy atom. The van der Waals surface area contributed by atoms with Crippen LogP contribution in [-0.4, -0.2) is 67.6 Å². The van der Waals surface area contributed by atoms with Crippen molar-refractivity contribution in [3.63, 3.8) is 0 Å². The molecule has 3 N–H and O–H groups in total. The Hall–Kier alpha value is -3.14. The standard InChI is InChI=1S/C30H37ClN4O5/c1-19(36)33-26-23-11-16-39-28(23)24(17-25(26)31)29(37)34-22-9-14-35(15-10-22)27(21-7-12-32-13-8-21)30(38)40-18-20-5-3-2-4-6-20/h2-6,17,21-22,27,32H,7-16,18H2,1H3,(H,33,36)(H,34,37). The zero-order valence-electron chi connectivity index (χ0n) is 22.8. The minimum absolute atomic E-state index is 0.0383. The molecule has 3 aliphatic rings. The van der Waals surface area contributed by atoms with Gasteiger partial charge in [-0.2, -0.15) is 0 Å². The molecule has 2 amide bonds. The number of hydrogen-bond acceptors (Lipinski definition) is 7. The fourth-order valence-corrected chi connectivity index (χ4v) is 6.29. The molecular formula is C30H37ClN4O5. The molecule has 2 saturated heterocycles. The molecule has 2 fully saturated rings. The number of likely N-dealkylation sites (tertiary alicyclic amines) is 1. The van der Waals surface area contributed by atoms with E-state index in [0.717, 1.165) is 49.9 Å². The number of piperidine rings is 2. The summed E-state index contributed by atoms with van der Waals surface area (Å²) < 4.78 is 11.6. The number of benzene rings is 2. The van der Waals surface area contributed by atoms with Crippen LogP contribution >= 0.6 is 11.6 Å². The highest BCUT2D eigenvalue weighted by Crippen LogP contribution is 2.40. The van der Waals surface area contributed by atoms with Crippen molar-refractivity contribution in [2.45, 2.75) is 57.7 Å². The van der Waals surface area contributed by atoms with Gasteiger partial charge >= 0.3 is 5.97 Å². The van der Waals surface area contributed by atoms with Crippen LogP contribution in [0.5, 0.6) is 5.75 Å². The van der Waals surface area contributed by atoms with E-state index in [-0.39, 0.29) is 42.4 Å². The Morgan fingerprint density at radius 1 is 1.12 bits per heavy atom. The van der Waals surface area contributed by atoms with Gasteiger partial charge in [0, 0.05) is 38.0 Å². The summed E-state index contributed by atoms with van der Waals surface area (Å²) in [6.07, 6.45) is 3.88. The maximum atomic E-state index is 13.4. The average Bonchev–Trinajstić information content (AvgIpc) is 3.45. The van der Waals surface area contributed by atoms with Crippen LogP contribution in [0, 0.1) is 5.92 Å². The van der Waals surface area contributed by atoms with Crippen molar-refractivity contribution in [1.29, 1.82) is 0 Å². The Labute approximate surface area is 239 Å². The first kappa shape index (κ1) is 28.4. The Bertz CT molecular complexity index is 1230. The summed E-state index contributed by atoms with van der Waals surface area (Å²) in [6, 6.07) is 11.0. The van der Waals surface area contributed by atoms with Gasteiger partial charge in [-0.05, 0) is 56.3 Å². The number of carbonyl (C=O) groups excluding carboxylic acids is 3. The molecule has 40 heavy (non-hydrogen) atoms. The molecule has 0 aliphatic carbocycles. The van der Waals surface area contributed by atoms with Crippen molar-refractivity contribution >= 4 is 35.1 Å². The van der Waals surface area contributed by atoms with E-state index in [4.69, 9.17) is 21.1 Å². The molecule has 0 saturated carbocycles. The number of amides is 2. The number of carbonyl (C=O) groups is 3. The van der Waals surface area contributed by atoms with Gasteiger partial charge in [0.05, 0.1) is 22.9 Å². The topological polar surface area (TPSA) is 109 Å². The van der Waals surface area contributed by atoms with Crippen LogP contribution in [0.1, 0.15) is 54.1 Å². The first-order valence-corrected chi connectivity index (χ1v) is 14.5. The molecular weight excluding hydrogens is 532 g/mol. The van der Waals surface area contributed by atoms with Crippen LogP contribution in [-0.2, 0) is 27.4 Å². The summed E-state index contributed by atoms with van der Waals surface area (Å²) in [5.74, 6) is 0.0755. The number of esters is 1. The van der Waals surface area contributed by atoms with Crippen molar-refractivity contribution < 1.29 is 23.9 Å². The molecule has 5 rings (SSSR count). The van der Waals surface area contributed by atoms with E-state index in [1.807, 2.05) is 30.3 Å². The smallest absolute Gasteiger partial charge is 0.323 e. The number of anilines is 1. The second-order valence-corrected chi connectivity index (χ2v) is 11.2. The summed E-state index contributed by atoms with van der Waals surface area (Å²) in [5, 5.41) is 9.62. The van der Waals surface area contributed by atoms with Gasteiger partial charge < -0.3 is 25.4 Å². The number of ether oxygens (including phenoxy) is 2. The molecule has 0 spiro atoms. The van der Waals surface area contributed by atoms with Gasteiger partial charge in [0.25, 0.3) is 5.91 Å². The highest BCUT2D eigenvalue weighted by atomic mass is 35.5. The molecule has 10 heteroatoms. The maximum absolute atomic E-state index is 13.4. The zero-order valence-corrected chi connectivity index (χ0v) is 23.6. The minimum atomic E-state index is -0.292.